The molecule has 0 spiro atoms. The van der Waals surface area contributed by atoms with Gasteiger partial charge in [-0.3, -0.25) is 4.79 Å². The molecule has 1 fully saturated rings. The van der Waals surface area contributed by atoms with E-state index < -0.39 is 29.7 Å². The maximum Gasteiger partial charge on any atom is 0.273 e. The Morgan fingerprint density at radius 1 is 1.52 bits per heavy atom. The Morgan fingerprint density at radius 2 is 2.15 bits per heavy atom. The summed E-state index contributed by atoms with van der Waals surface area (Å²) in [6, 6.07) is 1.33. The number of nitrogens with one attached hydrogen (secondary N) is 1. The van der Waals surface area contributed by atoms with Crippen LogP contribution in [0, 0.1) is 0 Å². The van der Waals surface area contributed by atoms with Gasteiger partial charge in [0.25, 0.3) is 11.8 Å². The van der Waals surface area contributed by atoms with Crippen molar-refractivity contribution in [2.45, 2.75) is 63.3 Å². The summed E-state index contributed by atoms with van der Waals surface area (Å²) in [5.41, 5.74) is 4.34. The van der Waals surface area contributed by atoms with Crippen LogP contribution in [0.5, 0.6) is 0 Å². The minimum atomic E-state index is -2.81. The van der Waals surface area contributed by atoms with Crippen molar-refractivity contribution in [1.29, 1.82) is 0 Å². The quantitative estimate of drug-likeness (QED) is 0.570. The third-order valence-corrected chi connectivity index (χ3v) is 4.29. The zero-order valence-corrected chi connectivity index (χ0v) is 15.9. The summed E-state index contributed by atoms with van der Waals surface area (Å²) in [5.74, 6) is -3.37. The summed E-state index contributed by atoms with van der Waals surface area (Å²) in [6.45, 7) is 2.33. The molecule has 2 unspecified atom stereocenters. The van der Waals surface area contributed by atoms with Crippen LogP contribution >= 0.6 is 11.6 Å². The molecule has 0 saturated heterocycles. The molecule has 2 atom stereocenters. The second-order valence-electron chi connectivity index (χ2n) is 6.95. The van der Waals surface area contributed by atoms with E-state index in [1.54, 1.807) is 0 Å². The van der Waals surface area contributed by atoms with Crippen LogP contribution < -0.4 is 11.1 Å². The number of hydrogen-bond donors (Lipinski definition) is 4. The molecule has 1 aromatic rings. The number of carbonyl (C=O) groups is 1. The fourth-order valence-corrected chi connectivity index (χ4v) is 2.40. The Labute approximate surface area is 160 Å². The van der Waals surface area contributed by atoms with Gasteiger partial charge in [-0.25, -0.2) is 18.2 Å². The first-order chi connectivity index (χ1) is 12.3. The molecule has 10 heteroatoms. The first-order valence-corrected chi connectivity index (χ1v) is 8.84. The number of rotatable bonds is 4. The van der Waals surface area contributed by atoms with Gasteiger partial charge in [0.2, 0.25) is 0 Å². The van der Waals surface area contributed by atoms with Crippen molar-refractivity contribution < 1.29 is 28.2 Å². The summed E-state index contributed by atoms with van der Waals surface area (Å²) in [5, 5.41) is 20.6. The van der Waals surface area contributed by atoms with E-state index in [-0.39, 0.29) is 35.8 Å². The maximum absolute atomic E-state index is 13.4. The molecule has 1 saturated carbocycles. The van der Waals surface area contributed by atoms with Crippen LogP contribution in [0.25, 0.3) is 0 Å². The topological polar surface area (TPSA) is 108 Å². The van der Waals surface area contributed by atoms with Crippen LogP contribution in [0.2, 0.25) is 5.15 Å². The molecule has 1 aromatic heterocycles. The number of nitrogens with zero attached hydrogens (tertiary/aromatic N) is 1. The van der Waals surface area contributed by atoms with Crippen LogP contribution in [0.1, 0.15) is 49.9 Å². The monoisotopic (exact) mass is 411 g/mol. The number of halogens is 4. The zero-order valence-electron chi connectivity index (χ0n) is 15.2. The number of anilines is 1. The van der Waals surface area contributed by atoms with Gasteiger partial charge in [0.15, 0.2) is 0 Å². The number of amides is 1. The smallest absolute Gasteiger partial charge is 0.273 e. The van der Waals surface area contributed by atoms with Gasteiger partial charge in [0, 0.05) is 18.3 Å². The highest BCUT2D eigenvalue weighted by Crippen LogP contribution is 2.32. The van der Waals surface area contributed by atoms with E-state index in [1.165, 1.54) is 26.1 Å². The summed E-state index contributed by atoms with van der Waals surface area (Å²) in [4.78, 5) is 15.4. The molecule has 2 rings (SSSR count). The third-order valence-electron chi connectivity index (χ3n) is 4.08. The Hall–Kier alpha value is -1.58. The summed E-state index contributed by atoms with van der Waals surface area (Å²) >= 11 is 5.59. The van der Waals surface area contributed by atoms with E-state index in [2.05, 4.69) is 10.3 Å². The number of carbonyl (C=O) groups excluding carboxylic acids is 1. The van der Waals surface area contributed by atoms with Gasteiger partial charge in [0.05, 0.1) is 17.7 Å². The highest BCUT2D eigenvalue weighted by molar-refractivity contribution is 6.29. The van der Waals surface area contributed by atoms with Gasteiger partial charge < -0.3 is 21.3 Å². The molecule has 1 amide bonds. The Bertz CT molecular complexity index is 642. The van der Waals surface area contributed by atoms with E-state index in [0.717, 1.165) is 6.42 Å². The van der Waals surface area contributed by atoms with Crippen molar-refractivity contribution in [3.8, 4) is 0 Å². The van der Waals surface area contributed by atoms with Gasteiger partial charge in [-0.05, 0) is 32.8 Å². The first kappa shape index (κ1) is 23.5. The van der Waals surface area contributed by atoms with Gasteiger partial charge in [-0.15, -0.1) is 0 Å². The van der Waals surface area contributed by atoms with Crippen molar-refractivity contribution in [1.82, 2.24) is 10.3 Å². The molecule has 6 nitrogen and oxygen atoms in total. The largest absolute Gasteiger partial charge is 0.398 e. The lowest BCUT2D eigenvalue weighted by atomic mass is 9.94. The van der Waals surface area contributed by atoms with Gasteiger partial charge in [0.1, 0.15) is 17.4 Å². The van der Waals surface area contributed by atoms with Crippen LogP contribution in [0.4, 0.5) is 18.9 Å². The molecule has 1 aliphatic carbocycles. The van der Waals surface area contributed by atoms with Crippen molar-refractivity contribution in [2.75, 3.05) is 12.3 Å². The predicted octanol–water partition coefficient (Wildman–Crippen LogP) is 2.71. The normalized spacial score (nSPS) is 20.2. The number of aromatic nitrogens is 1. The number of nitrogens with two attached hydrogens (primary N) is 1. The molecule has 1 aliphatic rings. The summed E-state index contributed by atoms with van der Waals surface area (Å²) < 4.78 is 38.1. The van der Waals surface area contributed by atoms with Crippen LogP contribution in [0.15, 0.2) is 12.3 Å². The first-order valence-electron chi connectivity index (χ1n) is 8.46. The number of aliphatic hydroxyl groups excluding tert-OH is 1. The van der Waals surface area contributed by atoms with Gasteiger partial charge in [-0.2, -0.15) is 0 Å². The Kier molecular flexibility index (Phi) is 8.31. The molecule has 0 aromatic carbocycles. The van der Waals surface area contributed by atoms with Gasteiger partial charge >= 0.3 is 0 Å². The molecule has 27 heavy (non-hydrogen) atoms. The second-order valence-corrected chi connectivity index (χ2v) is 7.34. The van der Waals surface area contributed by atoms with E-state index in [0.29, 0.717) is 6.42 Å². The number of pyridine rings is 1. The van der Waals surface area contributed by atoms with Crippen molar-refractivity contribution in [2.24, 2.45) is 0 Å². The van der Waals surface area contributed by atoms with Crippen LogP contribution in [-0.2, 0) is 0 Å². The number of hydrogen-bond acceptors (Lipinski definition) is 5. The lowest BCUT2D eigenvalue weighted by Crippen LogP contribution is -2.42. The fourth-order valence-electron chi connectivity index (χ4n) is 2.24. The summed E-state index contributed by atoms with van der Waals surface area (Å²) in [7, 11) is 0. The minimum Gasteiger partial charge on any atom is -0.398 e. The fraction of sp³-hybridized carbons (Fsp3) is 0.647. The lowest BCUT2D eigenvalue weighted by molar-refractivity contribution is -0.130. The summed E-state index contributed by atoms with van der Waals surface area (Å²) in [6.07, 6.45) is -0.360. The molecular weight excluding hydrogens is 387 g/mol. The SMILES string of the molecule is CC(C)(O)C(F)CNC(=O)c1cnc(Cl)cc1N.OC1CCCCC1(F)F. The lowest BCUT2D eigenvalue weighted by Gasteiger charge is -2.26. The van der Waals surface area contributed by atoms with E-state index in [4.69, 9.17) is 22.4 Å². The van der Waals surface area contributed by atoms with Crippen LogP contribution in [0.3, 0.4) is 0 Å². The molecule has 5 N–H and O–H groups in total. The van der Waals surface area contributed by atoms with E-state index in [9.17, 15) is 23.1 Å². The number of nitrogen functional groups attached to an aromatic ring is 1. The average molecular weight is 412 g/mol. The predicted molar refractivity (Wildman–Crippen MR) is 96.6 cm³/mol. The number of aliphatic hydroxyl groups is 2. The molecule has 1 heterocycles. The van der Waals surface area contributed by atoms with E-state index >= 15 is 0 Å². The molecular formula is C17H25ClF3N3O3. The third kappa shape index (κ3) is 7.51. The molecule has 154 valence electrons. The molecule has 0 aliphatic heterocycles. The maximum atomic E-state index is 13.4. The van der Waals surface area contributed by atoms with Gasteiger partial charge in [-0.1, -0.05) is 18.0 Å². The zero-order chi connectivity index (χ0) is 20.8. The van der Waals surface area contributed by atoms with Crippen molar-refractivity contribution in [3.63, 3.8) is 0 Å². The Balaban J connectivity index is 0.000000337. The highest BCUT2D eigenvalue weighted by Gasteiger charge is 2.39. The molecule has 0 radical (unpaired) electrons. The van der Waals surface area contributed by atoms with E-state index in [1.807, 2.05) is 0 Å². The standard InChI is InChI=1S/C11H15ClFN3O2.C6H10F2O/c1-11(2,18)8(13)5-16-10(17)6-4-15-9(12)3-7(6)14;7-6(8)4-2-1-3-5(6)9/h3-4,8,18H,5H2,1-2H3,(H2,14,15)(H,16,17);5,9H,1-4H2. The van der Waals surface area contributed by atoms with Crippen molar-refractivity contribution in [3.05, 3.63) is 23.0 Å². The Morgan fingerprint density at radius 3 is 2.59 bits per heavy atom. The second kappa shape index (κ2) is 9.57. The minimum absolute atomic E-state index is 0.113. The molecule has 0 bridgehead atoms. The highest BCUT2D eigenvalue weighted by atomic mass is 35.5. The average Bonchev–Trinajstić information content (AvgIpc) is 2.54. The number of alkyl halides is 3. The van der Waals surface area contributed by atoms with Crippen LogP contribution in [-0.4, -0.2) is 51.4 Å². The van der Waals surface area contributed by atoms with Crippen molar-refractivity contribution >= 4 is 23.2 Å².